The van der Waals surface area contributed by atoms with Gasteiger partial charge in [0, 0.05) is 18.7 Å². The molecule has 0 unspecified atom stereocenters. The lowest BCUT2D eigenvalue weighted by Gasteiger charge is -2.32. The fourth-order valence-corrected chi connectivity index (χ4v) is 3.60. The number of phenolic OH excluding ortho intramolecular Hbond substituents is 2. The summed E-state index contributed by atoms with van der Waals surface area (Å²) in [6, 6.07) is 1.70. The van der Waals surface area contributed by atoms with E-state index in [2.05, 4.69) is 33.8 Å². The molecule has 0 bridgehead atoms. The van der Waals surface area contributed by atoms with Crippen LogP contribution in [0.1, 0.15) is 87.7 Å². The van der Waals surface area contributed by atoms with Gasteiger partial charge in [-0.25, -0.2) is 0 Å². The number of nitrogens with zero attached hydrogens (tertiary/aromatic N) is 1. The third-order valence-electron chi connectivity index (χ3n) is 5.62. The number of unbranched alkanes of at least 4 members (excludes halogenated alkanes) is 2. The Morgan fingerprint density at radius 2 is 1.86 bits per heavy atom. The predicted molar refractivity (Wildman–Crippen MR) is 120 cm³/mol. The maximum Gasteiger partial charge on any atom is 0.257 e. The van der Waals surface area contributed by atoms with Gasteiger partial charge in [-0.1, -0.05) is 43.1 Å². The molecule has 1 aromatic rings. The van der Waals surface area contributed by atoms with E-state index in [1.807, 2.05) is 6.08 Å². The predicted octanol–water partition coefficient (Wildman–Crippen LogP) is 5.91. The molecular formula is C25H37NO3. The average Bonchev–Trinajstić information content (AvgIpc) is 2.59. The molecule has 2 N–H and O–H groups in total. The molecule has 0 radical (unpaired) electrons. The number of likely N-dealkylation sites (tertiary alicyclic amines) is 1. The molecule has 0 saturated carbocycles. The standard InChI is InChI=1S/C25H37NO3/c1-5-6-7-12-20-17-22(27)21(14-13-19(4)11-8-10-18(2)3)24(28)23(20)25(29)26-15-9-16-26/h10,13,17,27-28H,5-9,11-12,14-16H2,1-4H3/b19-13+. The second-order valence-corrected chi connectivity index (χ2v) is 8.43. The third-order valence-corrected chi connectivity index (χ3v) is 5.62. The maximum absolute atomic E-state index is 13.0. The Bertz CT molecular complexity index is 769. The zero-order chi connectivity index (χ0) is 21.4. The molecule has 1 fully saturated rings. The summed E-state index contributed by atoms with van der Waals surface area (Å²) in [4.78, 5) is 14.7. The lowest BCUT2D eigenvalue weighted by molar-refractivity contribution is 0.0647. The number of amides is 1. The largest absolute Gasteiger partial charge is 0.508 e. The first-order valence-corrected chi connectivity index (χ1v) is 11.0. The molecular weight excluding hydrogens is 362 g/mol. The lowest BCUT2D eigenvalue weighted by atomic mass is 9.93. The fraction of sp³-hybridized carbons (Fsp3) is 0.560. The Morgan fingerprint density at radius 1 is 1.14 bits per heavy atom. The number of rotatable bonds is 10. The van der Waals surface area contributed by atoms with Crippen LogP contribution in [-0.2, 0) is 12.8 Å². The maximum atomic E-state index is 13.0. The van der Waals surface area contributed by atoms with Crippen molar-refractivity contribution in [2.75, 3.05) is 13.1 Å². The normalized spacial score (nSPS) is 13.9. The van der Waals surface area contributed by atoms with Crippen molar-refractivity contribution < 1.29 is 15.0 Å². The summed E-state index contributed by atoms with van der Waals surface area (Å²) in [5.41, 5.74) is 4.13. The number of carbonyl (C=O) groups is 1. The number of carbonyl (C=O) groups excluding carboxylic acids is 1. The molecule has 0 aromatic heterocycles. The summed E-state index contributed by atoms with van der Waals surface area (Å²) < 4.78 is 0. The van der Waals surface area contributed by atoms with Gasteiger partial charge in [0.05, 0.1) is 5.56 Å². The summed E-state index contributed by atoms with van der Waals surface area (Å²) in [5.74, 6) is -0.0602. The SMILES string of the molecule is CCCCCc1cc(O)c(C/C=C(\C)CCC=C(C)C)c(O)c1C(=O)N1CCC1. The highest BCUT2D eigenvalue weighted by Crippen LogP contribution is 2.37. The highest BCUT2D eigenvalue weighted by molar-refractivity contribution is 5.99. The first kappa shape index (κ1) is 23.1. The minimum atomic E-state index is -0.106. The van der Waals surface area contributed by atoms with Crippen molar-refractivity contribution in [2.45, 2.75) is 79.1 Å². The van der Waals surface area contributed by atoms with Crippen molar-refractivity contribution >= 4 is 5.91 Å². The lowest BCUT2D eigenvalue weighted by Crippen LogP contribution is -2.42. The smallest absolute Gasteiger partial charge is 0.257 e. The Labute approximate surface area is 175 Å². The Hall–Kier alpha value is -2.23. The molecule has 0 spiro atoms. The molecule has 1 aliphatic rings. The van der Waals surface area contributed by atoms with E-state index >= 15 is 0 Å². The second-order valence-electron chi connectivity index (χ2n) is 8.43. The van der Waals surface area contributed by atoms with Gasteiger partial charge in [-0.05, 0) is 70.9 Å². The van der Waals surface area contributed by atoms with Gasteiger partial charge in [-0.3, -0.25) is 4.79 Å². The summed E-state index contributed by atoms with van der Waals surface area (Å²) in [6.45, 7) is 9.87. The summed E-state index contributed by atoms with van der Waals surface area (Å²) in [7, 11) is 0. The molecule has 0 aliphatic carbocycles. The first-order valence-electron chi connectivity index (χ1n) is 11.0. The van der Waals surface area contributed by atoms with Crippen LogP contribution in [0.3, 0.4) is 0 Å². The van der Waals surface area contributed by atoms with Gasteiger partial charge in [0.2, 0.25) is 0 Å². The van der Waals surface area contributed by atoms with Crippen molar-refractivity contribution in [2.24, 2.45) is 0 Å². The molecule has 1 aliphatic heterocycles. The molecule has 1 amide bonds. The van der Waals surface area contributed by atoms with Gasteiger partial charge in [0.15, 0.2) is 0 Å². The minimum Gasteiger partial charge on any atom is -0.508 e. The van der Waals surface area contributed by atoms with Crippen molar-refractivity contribution in [3.05, 3.63) is 46.1 Å². The van der Waals surface area contributed by atoms with E-state index in [-0.39, 0.29) is 17.4 Å². The quantitative estimate of drug-likeness (QED) is 0.380. The van der Waals surface area contributed by atoms with Gasteiger partial charge < -0.3 is 15.1 Å². The van der Waals surface area contributed by atoms with Crippen molar-refractivity contribution in [3.63, 3.8) is 0 Å². The Kier molecular flexibility index (Phi) is 8.81. The van der Waals surface area contributed by atoms with E-state index in [0.717, 1.165) is 57.2 Å². The fourth-order valence-electron chi connectivity index (χ4n) is 3.60. The first-order chi connectivity index (χ1) is 13.8. The molecule has 1 saturated heterocycles. The molecule has 4 nitrogen and oxygen atoms in total. The van der Waals surface area contributed by atoms with Crippen LogP contribution in [0.5, 0.6) is 11.5 Å². The topological polar surface area (TPSA) is 60.8 Å². The number of aryl methyl sites for hydroxylation is 1. The van der Waals surface area contributed by atoms with Crippen LogP contribution in [-0.4, -0.2) is 34.1 Å². The number of phenols is 2. The minimum absolute atomic E-state index is 0.0400. The summed E-state index contributed by atoms with van der Waals surface area (Å²) in [5, 5.41) is 21.5. The Balaban J connectivity index is 2.27. The molecule has 29 heavy (non-hydrogen) atoms. The van der Waals surface area contributed by atoms with Crippen LogP contribution < -0.4 is 0 Å². The van der Waals surface area contributed by atoms with Gasteiger partial charge in [-0.2, -0.15) is 0 Å². The van der Waals surface area contributed by atoms with Gasteiger partial charge in [0.25, 0.3) is 5.91 Å². The summed E-state index contributed by atoms with van der Waals surface area (Å²) in [6.07, 6.45) is 11.4. The van der Waals surface area contributed by atoms with Crippen molar-refractivity contribution in [1.82, 2.24) is 4.90 Å². The van der Waals surface area contributed by atoms with Gasteiger partial charge in [-0.15, -0.1) is 0 Å². The molecule has 4 heteroatoms. The van der Waals surface area contributed by atoms with Crippen LogP contribution in [0.15, 0.2) is 29.4 Å². The molecule has 1 aromatic carbocycles. The molecule has 2 rings (SSSR count). The van der Waals surface area contributed by atoms with E-state index in [4.69, 9.17) is 0 Å². The highest BCUT2D eigenvalue weighted by atomic mass is 16.3. The van der Waals surface area contributed by atoms with Gasteiger partial charge in [0.1, 0.15) is 11.5 Å². The number of aromatic hydroxyl groups is 2. The van der Waals surface area contributed by atoms with Crippen molar-refractivity contribution in [3.8, 4) is 11.5 Å². The number of hydrogen-bond acceptors (Lipinski definition) is 3. The number of allylic oxidation sites excluding steroid dienone is 4. The van der Waals surface area contributed by atoms with Crippen LogP contribution in [0.2, 0.25) is 0 Å². The Morgan fingerprint density at radius 3 is 2.45 bits per heavy atom. The highest BCUT2D eigenvalue weighted by Gasteiger charge is 2.28. The zero-order valence-electron chi connectivity index (χ0n) is 18.6. The van der Waals surface area contributed by atoms with Crippen LogP contribution in [0.4, 0.5) is 0 Å². The molecule has 1 heterocycles. The third kappa shape index (κ3) is 6.38. The zero-order valence-corrected chi connectivity index (χ0v) is 18.6. The molecule has 160 valence electrons. The van der Waals surface area contributed by atoms with E-state index in [0.29, 0.717) is 24.0 Å². The summed E-state index contributed by atoms with van der Waals surface area (Å²) >= 11 is 0. The second kappa shape index (κ2) is 11.1. The number of hydrogen-bond donors (Lipinski definition) is 2. The monoisotopic (exact) mass is 399 g/mol. The average molecular weight is 400 g/mol. The van der Waals surface area contributed by atoms with Gasteiger partial charge >= 0.3 is 0 Å². The van der Waals surface area contributed by atoms with Crippen LogP contribution >= 0.6 is 0 Å². The number of benzene rings is 1. The van der Waals surface area contributed by atoms with E-state index in [9.17, 15) is 15.0 Å². The van der Waals surface area contributed by atoms with E-state index in [1.165, 1.54) is 11.1 Å². The van der Waals surface area contributed by atoms with E-state index < -0.39 is 0 Å². The van der Waals surface area contributed by atoms with Crippen LogP contribution in [0, 0.1) is 0 Å². The van der Waals surface area contributed by atoms with E-state index in [1.54, 1.807) is 11.0 Å². The molecule has 0 atom stereocenters. The van der Waals surface area contributed by atoms with Crippen molar-refractivity contribution in [1.29, 1.82) is 0 Å². The van der Waals surface area contributed by atoms with Crippen LogP contribution in [0.25, 0.3) is 0 Å².